The Balaban J connectivity index is 3.25. The van der Waals surface area contributed by atoms with Crippen molar-refractivity contribution in [3.05, 3.63) is 33.6 Å². The molecule has 0 saturated carbocycles. The van der Waals surface area contributed by atoms with Crippen molar-refractivity contribution in [2.45, 2.75) is 26.2 Å². The Morgan fingerprint density at radius 1 is 1.47 bits per heavy atom. The third-order valence-corrected chi connectivity index (χ3v) is 2.46. The average Bonchev–Trinajstić information content (AvgIpc) is 2.37. The first kappa shape index (κ1) is 14.9. The zero-order valence-electron chi connectivity index (χ0n) is 10.6. The van der Waals surface area contributed by atoms with Crippen LogP contribution in [0.5, 0.6) is 5.75 Å². The highest BCUT2D eigenvalue weighted by Gasteiger charge is 2.24. The van der Waals surface area contributed by atoms with Gasteiger partial charge in [0.15, 0.2) is 0 Å². The van der Waals surface area contributed by atoms with Gasteiger partial charge in [0.25, 0.3) is 0 Å². The van der Waals surface area contributed by atoms with E-state index in [2.05, 4.69) is 4.74 Å². The normalized spacial score (nSPS) is 10.1. The number of nitro groups is 1. The fourth-order valence-corrected chi connectivity index (χ4v) is 1.57. The first-order valence-electron chi connectivity index (χ1n) is 5.72. The van der Waals surface area contributed by atoms with E-state index in [0.29, 0.717) is 18.9 Å². The van der Waals surface area contributed by atoms with E-state index < -0.39 is 22.6 Å². The van der Waals surface area contributed by atoms with Crippen LogP contribution in [0.4, 0.5) is 14.9 Å². The minimum Gasteiger partial charge on any atom is -0.437 e. The largest absolute Gasteiger partial charge is 0.513 e. The molecule has 7 heteroatoms. The van der Waals surface area contributed by atoms with E-state index in [1.165, 1.54) is 0 Å². The molecule has 0 spiro atoms. The van der Waals surface area contributed by atoms with Gasteiger partial charge in [0.1, 0.15) is 5.82 Å². The van der Waals surface area contributed by atoms with Crippen LogP contribution in [0.3, 0.4) is 0 Å². The fraction of sp³-hybridized carbons (Fsp3) is 0.417. The zero-order chi connectivity index (χ0) is 14.4. The van der Waals surface area contributed by atoms with Gasteiger partial charge in [-0.1, -0.05) is 13.3 Å². The zero-order valence-corrected chi connectivity index (χ0v) is 10.6. The molecule has 1 aromatic rings. The SMILES string of the molecule is CCCCc1cc(F)cc([N+](=O)[O-])c1OC(=O)OC. The van der Waals surface area contributed by atoms with Gasteiger partial charge in [0.2, 0.25) is 5.75 Å². The van der Waals surface area contributed by atoms with Crippen molar-refractivity contribution < 1.29 is 23.6 Å². The number of carbonyl (C=O) groups excluding carboxylic acids is 1. The molecule has 0 saturated heterocycles. The number of hydrogen-bond donors (Lipinski definition) is 0. The maximum Gasteiger partial charge on any atom is 0.513 e. The summed E-state index contributed by atoms with van der Waals surface area (Å²) in [5.74, 6) is -0.998. The number of hydrogen-bond acceptors (Lipinski definition) is 5. The number of ether oxygens (including phenoxy) is 2. The van der Waals surface area contributed by atoms with Crippen LogP contribution in [0.2, 0.25) is 0 Å². The van der Waals surface area contributed by atoms with Crippen molar-refractivity contribution in [3.63, 3.8) is 0 Å². The topological polar surface area (TPSA) is 78.7 Å². The van der Waals surface area contributed by atoms with Crippen LogP contribution in [0.15, 0.2) is 12.1 Å². The standard InChI is InChI=1S/C12H14FNO5/c1-3-4-5-8-6-9(13)7-10(14(16)17)11(8)19-12(15)18-2/h6-7H,3-5H2,1-2H3. The van der Waals surface area contributed by atoms with Gasteiger partial charge in [-0.2, -0.15) is 0 Å². The van der Waals surface area contributed by atoms with Crippen molar-refractivity contribution >= 4 is 11.8 Å². The van der Waals surface area contributed by atoms with Gasteiger partial charge in [-0.3, -0.25) is 10.1 Å². The monoisotopic (exact) mass is 271 g/mol. The van der Waals surface area contributed by atoms with E-state index in [-0.39, 0.29) is 11.3 Å². The lowest BCUT2D eigenvalue weighted by atomic mass is 10.1. The van der Waals surface area contributed by atoms with Gasteiger partial charge in [0, 0.05) is 5.56 Å². The molecule has 0 aliphatic rings. The van der Waals surface area contributed by atoms with Gasteiger partial charge in [-0.25, -0.2) is 9.18 Å². The van der Waals surface area contributed by atoms with Crippen LogP contribution in [0.25, 0.3) is 0 Å². The van der Waals surface area contributed by atoms with E-state index in [1.54, 1.807) is 0 Å². The molecular formula is C12H14FNO5. The minimum atomic E-state index is -1.08. The number of nitro benzene ring substituents is 1. The van der Waals surface area contributed by atoms with Crippen LogP contribution in [-0.2, 0) is 11.2 Å². The number of benzene rings is 1. The minimum absolute atomic E-state index is 0.258. The molecule has 0 amide bonds. The average molecular weight is 271 g/mol. The molecule has 0 heterocycles. The first-order valence-corrected chi connectivity index (χ1v) is 5.72. The van der Waals surface area contributed by atoms with Gasteiger partial charge in [-0.15, -0.1) is 0 Å². The molecule has 0 aliphatic heterocycles. The molecule has 0 bridgehead atoms. The lowest BCUT2D eigenvalue weighted by molar-refractivity contribution is -0.385. The van der Waals surface area contributed by atoms with Crippen molar-refractivity contribution in [1.29, 1.82) is 0 Å². The highest BCUT2D eigenvalue weighted by Crippen LogP contribution is 2.33. The number of aryl methyl sites for hydroxylation is 1. The maximum absolute atomic E-state index is 13.3. The molecule has 6 nitrogen and oxygen atoms in total. The number of unbranched alkanes of at least 4 members (excludes halogenated alkanes) is 1. The lowest BCUT2D eigenvalue weighted by Gasteiger charge is -2.09. The molecule has 0 N–H and O–H groups in total. The summed E-state index contributed by atoms with van der Waals surface area (Å²) >= 11 is 0. The molecule has 0 radical (unpaired) electrons. The number of methoxy groups -OCH3 is 1. The van der Waals surface area contributed by atoms with Gasteiger partial charge < -0.3 is 9.47 Å². The molecule has 0 atom stereocenters. The van der Waals surface area contributed by atoms with Crippen LogP contribution in [0, 0.1) is 15.9 Å². The summed E-state index contributed by atoms with van der Waals surface area (Å²) in [6.45, 7) is 1.93. The number of rotatable bonds is 5. The fourth-order valence-electron chi connectivity index (χ4n) is 1.57. The molecule has 1 rings (SSSR count). The van der Waals surface area contributed by atoms with Gasteiger partial charge in [0.05, 0.1) is 18.1 Å². The highest BCUT2D eigenvalue weighted by molar-refractivity contribution is 5.67. The summed E-state index contributed by atoms with van der Waals surface area (Å²) in [4.78, 5) is 21.2. The summed E-state index contributed by atoms with van der Waals surface area (Å²) < 4.78 is 22.4. The summed E-state index contributed by atoms with van der Waals surface area (Å²) in [6, 6.07) is 1.84. The number of nitrogens with zero attached hydrogens (tertiary/aromatic N) is 1. The maximum atomic E-state index is 13.3. The van der Waals surface area contributed by atoms with Crippen LogP contribution >= 0.6 is 0 Å². The summed E-state index contributed by atoms with van der Waals surface area (Å²) in [7, 11) is 1.09. The molecule has 104 valence electrons. The second kappa shape index (κ2) is 6.67. The molecule has 19 heavy (non-hydrogen) atoms. The van der Waals surface area contributed by atoms with E-state index in [0.717, 1.165) is 19.6 Å². The Hall–Kier alpha value is -2.18. The Labute approximate surface area is 109 Å². The van der Waals surface area contributed by atoms with Crippen molar-refractivity contribution in [3.8, 4) is 5.75 Å². The summed E-state index contributed by atoms with van der Waals surface area (Å²) in [5, 5.41) is 10.9. The summed E-state index contributed by atoms with van der Waals surface area (Å²) in [5.41, 5.74) is -0.310. The van der Waals surface area contributed by atoms with Crippen LogP contribution in [0.1, 0.15) is 25.3 Å². The Bertz CT molecular complexity index is 489. The lowest BCUT2D eigenvalue weighted by Crippen LogP contribution is -2.11. The predicted octanol–water partition coefficient (Wildman–Crippen LogP) is 3.22. The Morgan fingerprint density at radius 3 is 2.68 bits per heavy atom. The third kappa shape index (κ3) is 3.90. The van der Waals surface area contributed by atoms with Gasteiger partial charge in [-0.05, 0) is 18.9 Å². The number of carbonyl (C=O) groups is 1. The summed E-state index contributed by atoms with van der Waals surface area (Å²) in [6.07, 6.45) is 0.814. The smallest absolute Gasteiger partial charge is 0.437 e. The highest BCUT2D eigenvalue weighted by atomic mass is 19.1. The second-order valence-electron chi connectivity index (χ2n) is 3.83. The van der Waals surface area contributed by atoms with Crippen molar-refractivity contribution in [1.82, 2.24) is 0 Å². The molecule has 1 aromatic carbocycles. The van der Waals surface area contributed by atoms with E-state index in [9.17, 15) is 19.3 Å². The molecule has 0 fully saturated rings. The van der Waals surface area contributed by atoms with E-state index in [4.69, 9.17) is 4.74 Å². The Morgan fingerprint density at radius 2 is 2.16 bits per heavy atom. The van der Waals surface area contributed by atoms with Crippen LogP contribution < -0.4 is 4.74 Å². The van der Waals surface area contributed by atoms with Gasteiger partial charge >= 0.3 is 11.8 Å². The van der Waals surface area contributed by atoms with Crippen molar-refractivity contribution in [2.24, 2.45) is 0 Å². The molecular weight excluding hydrogens is 257 g/mol. The first-order chi connectivity index (χ1) is 8.99. The third-order valence-electron chi connectivity index (χ3n) is 2.46. The predicted molar refractivity (Wildman–Crippen MR) is 64.7 cm³/mol. The van der Waals surface area contributed by atoms with Crippen LogP contribution in [-0.4, -0.2) is 18.2 Å². The van der Waals surface area contributed by atoms with Crippen molar-refractivity contribution in [2.75, 3.05) is 7.11 Å². The molecule has 0 aliphatic carbocycles. The molecule has 0 unspecified atom stereocenters. The second-order valence-corrected chi connectivity index (χ2v) is 3.83. The van der Waals surface area contributed by atoms with E-state index in [1.807, 2.05) is 6.92 Å². The van der Waals surface area contributed by atoms with E-state index >= 15 is 0 Å². The molecule has 0 aromatic heterocycles. The Kier molecular flexibility index (Phi) is 5.23. The quantitative estimate of drug-likeness (QED) is 0.355. The number of halogens is 1.